The highest BCUT2D eigenvalue weighted by Crippen LogP contribution is 2.68. The van der Waals surface area contributed by atoms with Crippen molar-refractivity contribution >= 4 is 46.8 Å². The molecule has 1 aromatic carbocycles. The van der Waals surface area contributed by atoms with Crippen molar-refractivity contribution in [1.82, 2.24) is 10.2 Å². The second-order valence-corrected chi connectivity index (χ2v) is 11.6. The molecule has 0 radical (unpaired) electrons. The number of unbranched alkanes of at least 4 members (excludes halogenated alkanes) is 2. The van der Waals surface area contributed by atoms with Crippen molar-refractivity contribution in [2.75, 3.05) is 25.0 Å². The Morgan fingerprint density at radius 2 is 2.00 bits per heavy atom. The summed E-state index contributed by atoms with van der Waals surface area (Å²) < 4.78 is -0.641. The van der Waals surface area contributed by atoms with Crippen molar-refractivity contribution < 1.29 is 19.5 Å². The number of fused-ring (bicyclic) bond motifs is 1. The third-order valence-electron chi connectivity index (χ3n) is 7.53. The molecule has 4 rings (SSSR count). The molecule has 7 nitrogen and oxygen atoms in total. The van der Waals surface area contributed by atoms with E-state index in [4.69, 9.17) is 16.7 Å². The molecule has 0 aromatic heterocycles. The van der Waals surface area contributed by atoms with Crippen LogP contribution < -0.4 is 10.6 Å². The maximum Gasteiger partial charge on any atom is 0.248 e. The summed E-state index contributed by atoms with van der Waals surface area (Å²) in [6.45, 7) is 5.23. The predicted molar refractivity (Wildman–Crippen MR) is 135 cm³/mol. The fourth-order valence-corrected chi connectivity index (χ4v) is 8.67. The second-order valence-electron chi connectivity index (χ2n) is 9.63. The van der Waals surface area contributed by atoms with E-state index < -0.39 is 22.6 Å². The summed E-state index contributed by atoms with van der Waals surface area (Å²) >= 11 is 7.98. The molecule has 3 aliphatic heterocycles. The average Bonchev–Trinajstić information content (AvgIpc) is 3.40. The molecular formula is C25H34ClN3O4S. The van der Waals surface area contributed by atoms with Gasteiger partial charge in [-0.2, -0.15) is 0 Å². The summed E-state index contributed by atoms with van der Waals surface area (Å²) in [6.07, 6.45) is 3.76. The van der Waals surface area contributed by atoms with Crippen molar-refractivity contribution in [2.45, 2.75) is 62.0 Å². The van der Waals surface area contributed by atoms with Gasteiger partial charge in [-0.1, -0.05) is 37.6 Å². The van der Waals surface area contributed by atoms with Gasteiger partial charge >= 0.3 is 0 Å². The molecule has 3 N–H and O–H groups in total. The minimum absolute atomic E-state index is 0.0351. The third-order valence-corrected chi connectivity index (χ3v) is 9.94. The normalized spacial score (nSPS) is 31.6. The van der Waals surface area contributed by atoms with E-state index in [0.717, 1.165) is 19.3 Å². The number of rotatable bonds is 10. The van der Waals surface area contributed by atoms with Gasteiger partial charge in [0.25, 0.3) is 0 Å². The fraction of sp³-hybridized carbons (Fsp3) is 0.640. The van der Waals surface area contributed by atoms with E-state index in [0.29, 0.717) is 36.6 Å². The number of nitrogens with one attached hydrogen (secondary N) is 2. The highest BCUT2D eigenvalue weighted by atomic mass is 35.5. The van der Waals surface area contributed by atoms with Crippen molar-refractivity contribution in [3.8, 4) is 0 Å². The molecule has 3 aliphatic rings. The van der Waals surface area contributed by atoms with Crippen LogP contribution in [0.25, 0.3) is 0 Å². The van der Waals surface area contributed by atoms with E-state index in [9.17, 15) is 14.4 Å². The van der Waals surface area contributed by atoms with Crippen LogP contribution in [0.1, 0.15) is 46.0 Å². The summed E-state index contributed by atoms with van der Waals surface area (Å²) in [5.74, 6) is -1.22. The summed E-state index contributed by atoms with van der Waals surface area (Å²) in [7, 11) is 0. The number of anilines is 1. The number of hydrogen-bond donors (Lipinski definition) is 3. The predicted octanol–water partition coefficient (Wildman–Crippen LogP) is 3.30. The summed E-state index contributed by atoms with van der Waals surface area (Å²) in [6, 6.07) is 6.40. The quantitative estimate of drug-likeness (QED) is 0.422. The van der Waals surface area contributed by atoms with Crippen LogP contribution in [-0.2, 0) is 14.4 Å². The third kappa shape index (κ3) is 4.22. The maximum absolute atomic E-state index is 13.9. The SMILES string of the molecule is CCCNC(=O)[C@@H]1[C@@H]2CC(C)C3(S2)C(C(=O)Nc2ccccc2Cl)N(CCCCCO)C(=O)[C@H]13. The van der Waals surface area contributed by atoms with E-state index in [2.05, 4.69) is 17.6 Å². The first kappa shape index (κ1) is 25.3. The van der Waals surface area contributed by atoms with Crippen LogP contribution in [0.3, 0.4) is 0 Å². The Bertz CT molecular complexity index is 946. The molecule has 34 heavy (non-hydrogen) atoms. The van der Waals surface area contributed by atoms with Gasteiger partial charge in [0.15, 0.2) is 0 Å². The molecule has 1 spiro atoms. The lowest BCUT2D eigenvalue weighted by atomic mass is 9.66. The van der Waals surface area contributed by atoms with Crippen molar-refractivity contribution in [2.24, 2.45) is 17.8 Å². The van der Waals surface area contributed by atoms with Gasteiger partial charge < -0.3 is 20.6 Å². The number of aliphatic hydroxyl groups excluding tert-OH is 1. The summed E-state index contributed by atoms with van der Waals surface area (Å²) in [4.78, 5) is 42.6. The van der Waals surface area contributed by atoms with E-state index in [1.54, 1.807) is 34.9 Å². The largest absolute Gasteiger partial charge is 0.396 e. The molecular weight excluding hydrogens is 474 g/mol. The highest BCUT2D eigenvalue weighted by Gasteiger charge is 2.75. The monoisotopic (exact) mass is 507 g/mol. The van der Waals surface area contributed by atoms with Crippen LogP contribution in [0.15, 0.2) is 24.3 Å². The molecule has 2 bridgehead atoms. The smallest absolute Gasteiger partial charge is 0.248 e. The first-order valence-corrected chi connectivity index (χ1v) is 13.5. The van der Waals surface area contributed by atoms with Crippen LogP contribution in [0.4, 0.5) is 5.69 Å². The summed E-state index contributed by atoms with van der Waals surface area (Å²) in [5.41, 5.74) is 0.518. The Labute approximate surface area is 210 Å². The minimum Gasteiger partial charge on any atom is -0.396 e. The molecule has 3 heterocycles. The first-order valence-electron chi connectivity index (χ1n) is 12.3. The van der Waals surface area contributed by atoms with Gasteiger partial charge in [0, 0.05) is 24.9 Å². The van der Waals surface area contributed by atoms with Gasteiger partial charge in [0.05, 0.1) is 27.3 Å². The lowest BCUT2D eigenvalue weighted by Gasteiger charge is -2.38. The first-order chi connectivity index (χ1) is 16.4. The Hall–Kier alpha value is -1.77. The van der Waals surface area contributed by atoms with Gasteiger partial charge in [-0.15, -0.1) is 11.8 Å². The number of aliphatic hydroxyl groups is 1. The number of para-hydroxylation sites is 1. The molecule has 3 unspecified atom stereocenters. The average molecular weight is 508 g/mol. The van der Waals surface area contributed by atoms with Crippen molar-refractivity contribution in [3.05, 3.63) is 29.3 Å². The van der Waals surface area contributed by atoms with Crippen LogP contribution >= 0.6 is 23.4 Å². The summed E-state index contributed by atoms with van der Waals surface area (Å²) in [5, 5.41) is 15.6. The number of hydrogen-bond acceptors (Lipinski definition) is 5. The molecule has 3 fully saturated rings. The number of amides is 3. The van der Waals surface area contributed by atoms with Crippen LogP contribution in [0, 0.1) is 17.8 Å². The molecule has 3 saturated heterocycles. The van der Waals surface area contributed by atoms with Gasteiger partial charge in [-0.05, 0) is 50.2 Å². The zero-order chi connectivity index (χ0) is 24.5. The van der Waals surface area contributed by atoms with Crippen molar-refractivity contribution in [1.29, 1.82) is 0 Å². The Morgan fingerprint density at radius 1 is 1.24 bits per heavy atom. The number of carbonyl (C=O) groups excluding carboxylic acids is 3. The molecule has 9 heteroatoms. The number of carbonyl (C=O) groups is 3. The molecule has 1 aromatic rings. The number of halogens is 1. The van der Waals surface area contributed by atoms with Gasteiger partial charge in [-0.25, -0.2) is 0 Å². The molecule has 6 atom stereocenters. The number of benzene rings is 1. The highest BCUT2D eigenvalue weighted by molar-refractivity contribution is 8.02. The van der Waals surface area contributed by atoms with Crippen LogP contribution in [-0.4, -0.2) is 63.5 Å². The lowest BCUT2D eigenvalue weighted by molar-refractivity contribution is -0.139. The van der Waals surface area contributed by atoms with E-state index in [1.807, 2.05) is 13.0 Å². The number of likely N-dealkylation sites (tertiary alicyclic amines) is 1. The van der Waals surface area contributed by atoms with E-state index in [-0.39, 0.29) is 35.5 Å². The molecule has 0 saturated carbocycles. The van der Waals surface area contributed by atoms with E-state index >= 15 is 0 Å². The van der Waals surface area contributed by atoms with Crippen LogP contribution in [0.2, 0.25) is 5.02 Å². The minimum atomic E-state index is -0.677. The molecule has 186 valence electrons. The van der Waals surface area contributed by atoms with E-state index in [1.165, 1.54) is 0 Å². The number of nitrogens with zero attached hydrogens (tertiary/aromatic N) is 1. The fourth-order valence-electron chi connectivity index (χ4n) is 6.06. The molecule has 0 aliphatic carbocycles. The second kappa shape index (κ2) is 10.5. The van der Waals surface area contributed by atoms with Gasteiger partial charge in [0.2, 0.25) is 17.7 Å². The zero-order valence-corrected chi connectivity index (χ0v) is 21.3. The van der Waals surface area contributed by atoms with Crippen molar-refractivity contribution in [3.63, 3.8) is 0 Å². The standard InChI is InChI=1S/C25H34ClN3O4S/c1-3-11-27-22(31)19-18-14-15(2)25(34-18)20(19)24(33)29(12-7-4-8-13-30)21(25)23(32)28-17-10-6-5-9-16(17)26/h5-6,9-10,15,18-21,30H,3-4,7-8,11-14H2,1-2H3,(H,27,31)(H,28,32)/t15?,18-,19+,20-,21?,25?/m0/s1. The zero-order valence-electron chi connectivity index (χ0n) is 19.8. The molecule has 3 amide bonds. The number of thioether (sulfide) groups is 1. The topological polar surface area (TPSA) is 98.7 Å². The Balaban J connectivity index is 1.68. The van der Waals surface area contributed by atoms with Gasteiger partial charge in [0.1, 0.15) is 6.04 Å². The maximum atomic E-state index is 13.9. The Kier molecular flexibility index (Phi) is 7.79. The lowest BCUT2D eigenvalue weighted by Crippen LogP contribution is -2.55. The van der Waals surface area contributed by atoms with Gasteiger partial charge in [-0.3, -0.25) is 14.4 Å². The Morgan fingerprint density at radius 3 is 2.71 bits per heavy atom. The van der Waals surface area contributed by atoms with Crippen LogP contribution in [0.5, 0.6) is 0 Å².